The third-order valence-corrected chi connectivity index (χ3v) is 7.64. The van der Waals surface area contributed by atoms with Crippen molar-refractivity contribution in [2.24, 2.45) is 10.8 Å². The molecule has 196 valence electrons. The number of amides is 2. The molecule has 0 unspecified atom stereocenters. The molecule has 3 aliphatic rings. The average molecular weight is 502 g/mol. The van der Waals surface area contributed by atoms with E-state index in [0.29, 0.717) is 0 Å². The Balaban J connectivity index is 2.53. The van der Waals surface area contributed by atoms with E-state index in [9.17, 15) is 46.1 Å². The molecule has 3 fully saturated rings. The van der Waals surface area contributed by atoms with Crippen molar-refractivity contribution >= 4 is 11.8 Å². The molecule has 2 amide bonds. The van der Waals surface area contributed by atoms with E-state index >= 15 is 0 Å². The lowest BCUT2D eigenvalue weighted by Crippen LogP contribution is -2.98. The van der Waals surface area contributed by atoms with Crippen LogP contribution in [0.4, 0.5) is 26.3 Å². The highest BCUT2D eigenvalue weighted by Gasteiger charge is 2.90. The maximum Gasteiger partial charge on any atom is 0.439 e. The molecule has 2 saturated carbocycles. The van der Waals surface area contributed by atoms with Crippen LogP contribution in [0.1, 0.15) is 80.1 Å². The first kappa shape index (κ1) is 27.0. The molecule has 2 spiro atoms. The first-order valence-corrected chi connectivity index (χ1v) is 11.2. The van der Waals surface area contributed by atoms with Crippen molar-refractivity contribution in [3.63, 3.8) is 0 Å². The molecule has 3 rings (SSSR count). The highest BCUT2D eigenvalue weighted by Crippen LogP contribution is 2.69. The van der Waals surface area contributed by atoms with Crippen LogP contribution in [-0.2, 0) is 9.59 Å². The van der Waals surface area contributed by atoms with E-state index in [1.54, 1.807) is 0 Å². The summed E-state index contributed by atoms with van der Waals surface area (Å²) in [4.78, 5) is 26.7. The predicted octanol–water partition coefficient (Wildman–Crippen LogP) is 4.10. The standard InChI is InChI=1S/C22H32F6N2O4/c1-15(2,3)13(31)29-17(9-7-10-17)20(34,22(26,27)28)30(14(32)16(4,5)6)18(11-8-12-18)19(29,33)21(23,24)25/h33-34H,7-12H2,1-6H3/t19-,20-/m0/s1. The Bertz CT molecular complexity index is 808. The van der Waals surface area contributed by atoms with Crippen molar-refractivity contribution in [2.75, 3.05) is 0 Å². The zero-order valence-electron chi connectivity index (χ0n) is 20.1. The van der Waals surface area contributed by atoms with E-state index in [4.69, 9.17) is 0 Å². The molecule has 12 heteroatoms. The minimum atomic E-state index is -5.62. The van der Waals surface area contributed by atoms with Crippen molar-refractivity contribution in [3.05, 3.63) is 0 Å². The van der Waals surface area contributed by atoms with E-state index in [1.165, 1.54) is 41.5 Å². The van der Waals surface area contributed by atoms with Gasteiger partial charge in [-0.05, 0) is 38.5 Å². The molecule has 0 bridgehead atoms. The van der Waals surface area contributed by atoms with Gasteiger partial charge < -0.3 is 10.2 Å². The monoisotopic (exact) mass is 502 g/mol. The van der Waals surface area contributed by atoms with Crippen molar-refractivity contribution in [1.29, 1.82) is 0 Å². The fraction of sp³-hybridized carbons (Fsp3) is 0.909. The normalized spacial score (nSPS) is 31.4. The van der Waals surface area contributed by atoms with Gasteiger partial charge in [-0.1, -0.05) is 41.5 Å². The fourth-order valence-electron chi connectivity index (χ4n) is 5.65. The van der Waals surface area contributed by atoms with Gasteiger partial charge in [-0.25, -0.2) is 0 Å². The Morgan fingerprint density at radius 2 is 0.853 bits per heavy atom. The molecule has 0 aromatic rings. The summed E-state index contributed by atoms with van der Waals surface area (Å²) in [5.74, 6) is -2.77. The fourth-order valence-corrected chi connectivity index (χ4v) is 5.65. The Morgan fingerprint density at radius 3 is 0.971 bits per heavy atom. The van der Waals surface area contributed by atoms with Gasteiger partial charge in [0.2, 0.25) is 11.8 Å². The van der Waals surface area contributed by atoms with Crippen LogP contribution in [0.5, 0.6) is 0 Å². The van der Waals surface area contributed by atoms with Crippen LogP contribution in [0.15, 0.2) is 0 Å². The summed E-state index contributed by atoms with van der Waals surface area (Å²) < 4.78 is 89.3. The molecule has 1 saturated heterocycles. The summed E-state index contributed by atoms with van der Waals surface area (Å²) in [7, 11) is 0. The molecule has 0 aromatic carbocycles. The lowest BCUT2D eigenvalue weighted by molar-refractivity contribution is -0.474. The second-order valence-corrected chi connectivity index (χ2v) is 11.9. The van der Waals surface area contributed by atoms with E-state index in [2.05, 4.69) is 0 Å². The molecular weight excluding hydrogens is 470 g/mol. The summed E-state index contributed by atoms with van der Waals surface area (Å²) in [5.41, 5.74) is -17.4. The lowest BCUT2D eigenvalue weighted by Gasteiger charge is -2.76. The number of hydrogen-bond donors (Lipinski definition) is 2. The third kappa shape index (κ3) is 2.96. The number of halogens is 6. The molecule has 2 aliphatic carbocycles. The number of carbonyl (C=O) groups excluding carboxylic acids is 2. The van der Waals surface area contributed by atoms with Gasteiger partial charge in [-0.15, -0.1) is 0 Å². The van der Waals surface area contributed by atoms with Crippen LogP contribution >= 0.6 is 0 Å². The van der Waals surface area contributed by atoms with Crippen LogP contribution < -0.4 is 0 Å². The van der Waals surface area contributed by atoms with Crippen LogP contribution in [0.2, 0.25) is 0 Å². The summed E-state index contributed by atoms with van der Waals surface area (Å²) in [6, 6.07) is 0. The second-order valence-electron chi connectivity index (χ2n) is 11.9. The van der Waals surface area contributed by atoms with Gasteiger partial charge in [0.15, 0.2) is 0 Å². The van der Waals surface area contributed by atoms with Crippen LogP contribution in [-0.4, -0.2) is 66.7 Å². The molecule has 0 aromatic heterocycles. The number of carbonyl (C=O) groups is 2. The van der Waals surface area contributed by atoms with Gasteiger partial charge in [-0.2, -0.15) is 26.3 Å². The van der Waals surface area contributed by atoms with Crippen molar-refractivity contribution in [1.82, 2.24) is 9.80 Å². The Hall–Kier alpha value is -1.56. The topological polar surface area (TPSA) is 81.1 Å². The van der Waals surface area contributed by atoms with Gasteiger partial charge in [0.25, 0.3) is 11.4 Å². The number of hydrogen-bond acceptors (Lipinski definition) is 4. The number of alkyl halides is 6. The molecule has 1 heterocycles. The van der Waals surface area contributed by atoms with E-state index in [-0.39, 0.29) is 22.6 Å². The van der Waals surface area contributed by atoms with Crippen molar-refractivity contribution in [3.8, 4) is 0 Å². The van der Waals surface area contributed by atoms with E-state index < -0.39 is 83.2 Å². The molecule has 6 nitrogen and oxygen atoms in total. The highest BCUT2D eigenvalue weighted by molar-refractivity contribution is 5.87. The average Bonchev–Trinajstić information content (AvgIpc) is 2.54. The Kier molecular flexibility index (Phi) is 5.58. The van der Waals surface area contributed by atoms with Crippen LogP contribution in [0.25, 0.3) is 0 Å². The second kappa shape index (κ2) is 7.02. The Labute approximate surface area is 194 Å². The summed E-state index contributed by atoms with van der Waals surface area (Å²) in [5, 5.41) is 23.1. The number of rotatable bonds is 0. The maximum absolute atomic E-state index is 14.9. The van der Waals surface area contributed by atoms with E-state index in [0.717, 1.165) is 0 Å². The molecular formula is C22H32F6N2O4. The predicted molar refractivity (Wildman–Crippen MR) is 108 cm³/mol. The highest BCUT2D eigenvalue weighted by atomic mass is 19.4. The van der Waals surface area contributed by atoms with Gasteiger partial charge in [0.1, 0.15) is 11.1 Å². The van der Waals surface area contributed by atoms with Gasteiger partial charge in [0, 0.05) is 10.8 Å². The third-order valence-electron chi connectivity index (χ3n) is 7.64. The number of nitrogens with zero attached hydrogens (tertiary/aromatic N) is 2. The van der Waals surface area contributed by atoms with Crippen molar-refractivity contribution < 1.29 is 46.1 Å². The molecule has 34 heavy (non-hydrogen) atoms. The van der Waals surface area contributed by atoms with Crippen LogP contribution in [0, 0.1) is 10.8 Å². The molecule has 2 N–H and O–H groups in total. The maximum atomic E-state index is 14.9. The lowest BCUT2D eigenvalue weighted by atomic mass is 9.54. The summed E-state index contributed by atoms with van der Waals surface area (Å²) >= 11 is 0. The van der Waals surface area contributed by atoms with Gasteiger partial charge in [0.05, 0.1) is 0 Å². The van der Waals surface area contributed by atoms with Gasteiger partial charge >= 0.3 is 12.4 Å². The minimum absolute atomic E-state index is 0.0369. The summed E-state index contributed by atoms with van der Waals surface area (Å²) in [6.07, 6.45) is -14.0. The first-order chi connectivity index (χ1) is 15.0. The number of piperazine rings is 1. The Morgan fingerprint density at radius 1 is 0.618 bits per heavy atom. The molecule has 0 radical (unpaired) electrons. The van der Waals surface area contributed by atoms with Gasteiger partial charge in [-0.3, -0.25) is 19.4 Å². The minimum Gasteiger partial charge on any atom is -0.362 e. The first-order valence-electron chi connectivity index (χ1n) is 11.2. The summed E-state index contributed by atoms with van der Waals surface area (Å²) in [6.45, 7) is 7.36. The largest absolute Gasteiger partial charge is 0.439 e. The number of aliphatic hydroxyl groups is 2. The molecule has 1 aliphatic heterocycles. The van der Waals surface area contributed by atoms with Crippen LogP contribution in [0.3, 0.4) is 0 Å². The SMILES string of the molecule is CC(C)(C)C(=O)N1C2(CCC2)[C@](O)(C(F)(F)F)N(C(=O)C(C)(C)C)C2(CCC2)[C@]1(O)C(F)(F)F. The smallest absolute Gasteiger partial charge is 0.362 e. The van der Waals surface area contributed by atoms with E-state index in [1.807, 2.05) is 0 Å². The zero-order valence-corrected chi connectivity index (χ0v) is 20.1. The molecule has 2 atom stereocenters. The zero-order chi connectivity index (χ0) is 26.6. The van der Waals surface area contributed by atoms with Crippen molar-refractivity contribution in [2.45, 2.75) is 115 Å². The quantitative estimate of drug-likeness (QED) is 0.489.